The molecule has 1 saturated heterocycles. The fourth-order valence-corrected chi connectivity index (χ4v) is 3.60. The molecule has 0 aromatic heterocycles. The van der Waals surface area contributed by atoms with Crippen LogP contribution in [0, 0.1) is 6.92 Å². The molecular weight excluding hydrogens is 350 g/mol. The number of amides is 1. The van der Waals surface area contributed by atoms with Crippen molar-refractivity contribution in [1.82, 2.24) is 10.2 Å². The molecule has 0 spiro atoms. The summed E-state index contributed by atoms with van der Waals surface area (Å²) in [5.74, 6) is -0.00957. The second-order valence-corrected chi connectivity index (χ2v) is 7.21. The SMILES string of the molecule is CCN(CCNC(=O)c1cccc(CN2CCOCC2)c1)c1ccccc1C. The van der Waals surface area contributed by atoms with E-state index in [1.165, 1.54) is 16.8 Å². The van der Waals surface area contributed by atoms with Gasteiger partial charge in [0.05, 0.1) is 13.2 Å². The molecule has 5 nitrogen and oxygen atoms in total. The standard InChI is InChI=1S/C23H31N3O2/c1-3-26(22-10-5-4-7-19(22)2)12-11-24-23(27)21-9-6-8-20(17-21)18-25-13-15-28-16-14-25/h4-10,17H,3,11-16,18H2,1-2H3,(H,24,27). The van der Waals surface area contributed by atoms with Gasteiger partial charge in [-0.3, -0.25) is 9.69 Å². The Hall–Kier alpha value is -2.37. The molecule has 150 valence electrons. The molecule has 5 heteroatoms. The molecule has 0 atom stereocenters. The summed E-state index contributed by atoms with van der Waals surface area (Å²) in [5.41, 5.74) is 4.38. The quantitative estimate of drug-likeness (QED) is 0.763. The van der Waals surface area contributed by atoms with E-state index >= 15 is 0 Å². The molecule has 1 aliphatic rings. The molecule has 1 fully saturated rings. The molecule has 0 bridgehead atoms. The number of ether oxygens (including phenoxy) is 1. The van der Waals surface area contributed by atoms with Crippen LogP contribution in [0.3, 0.4) is 0 Å². The lowest BCUT2D eigenvalue weighted by Gasteiger charge is -2.26. The van der Waals surface area contributed by atoms with Crippen LogP contribution < -0.4 is 10.2 Å². The van der Waals surface area contributed by atoms with Crippen LogP contribution in [-0.4, -0.2) is 56.7 Å². The van der Waals surface area contributed by atoms with E-state index < -0.39 is 0 Å². The first-order valence-electron chi connectivity index (χ1n) is 10.1. The number of aryl methyl sites for hydroxylation is 1. The molecule has 1 N–H and O–H groups in total. The minimum atomic E-state index is -0.00957. The van der Waals surface area contributed by atoms with Crippen LogP contribution in [-0.2, 0) is 11.3 Å². The smallest absolute Gasteiger partial charge is 0.251 e. The summed E-state index contributed by atoms with van der Waals surface area (Å²) in [6.07, 6.45) is 0. The van der Waals surface area contributed by atoms with Crippen molar-refractivity contribution in [3.05, 3.63) is 65.2 Å². The van der Waals surface area contributed by atoms with Gasteiger partial charge in [-0.25, -0.2) is 0 Å². The Balaban J connectivity index is 1.53. The third-order valence-electron chi connectivity index (χ3n) is 5.20. The maximum atomic E-state index is 12.6. The average molecular weight is 382 g/mol. The van der Waals surface area contributed by atoms with Gasteiger partial charge in [0.25, 0.3) is 5.91 Å². The highest BCUT2D eigenvalue weighted by molar-refractivity contribution is 5.94. The molecular formula is C23H31N3O2. The highest BCUT2D eigenvalue weighted by atomic mass is 16.5. The van der Waals surface area contributed by atoms with Gasteiger partial charge in [0.2, 0.25) is 0 Å². The van der Waals surface area contributed by atoms with Gasteiger partial charge < -0.3 is 15.0 Å². The molecule has 3 rings (SSSR count). The summed E-state index contributed by atoms with van der Waals surface area (Å²) in [6, 6.07) is 16.3. The van der Waals surface area contributed by atoms with Crippen molar-refractivity contribution in [2.75, 3.05) is 50.8 Å². The number of para-hydroxylation sites is 1. The van der Waals surface area contributed by atoms with E-state index in [0.29, 0.717) is 6.54 Å². The van der Waals surface area contributed by atoms with Crippen LogP contribution in [0.25, 0.3) is 0 Å². The summed E-state index contributed by atoms with van der Waals surface area (Å²) in [4.78, 5) is 17.3. The van der Waals surface area contributed by atoms with Crippen LogP contribution in [0.2, 0.25) is 0 Å². The molecule has 28 heavy (non-hydrogen) atoms. The first kappa shape index (κ1) is 20.4. The Labute approximate surface area is 168 Å². The molecule has 1 amide bonds. The largest absolute Gasteiger partial charge is 0.379 e. The second-order valence-electron chi connectivity index (χ2n) is 7.21. The second kappa shape index (κ2) is 10.2. The molecule has 0 aliphatic carbocycles. The molecule has 1 aliphatic heterocycles. The normalized spacial score (nSPS) is 14.6. The Morgan fingerprint density at radius 3 is 2.68 bits per heavy atom. The van der Waals surface area contributed by atoms with Gasteiger partial charge in [-0.15, -0.1) is 0 Å². The van der Waals surface area contributed by atoms with Crippen molar-refractivity contribution >= 4 is 11.6 Å². The maximum absolute atomic E-state index is 12.6. The Kier molecular flexibility index (Phi) is 7.46. The van der Waals surface area contributed by atoms with Crippen molar-refractivity contribution in [3.8, 4) is 0 Å². The summed E-state index contributed by atoms with van der Waals surface area (Å²) < 4.78 is 5.40. The number of morpholine rings is 1. The van der Waals surface area contributed by atoms with Crippen molar-refractivity contribution in [1.29, 1.82) is 0 Å². The summed E-state index contributed by atoms with van der Waals surface area (Å²) in [7, 11) is 0. The minimum absolute atomic E-state index is 0.00957. The highest BCUT2D eigenvalue weighted by Crippen LogP contribution is 2.18. The number of carbonyl (C=O) groups excluding carboxylic acids is 1. The predicted octanol–water partition coefficient (Wildman–Crippen LogP) is 3.08. The summed E-state index contributed by atoms with van der Waals surface area (Å²) in [6.45, 7) is 10.9. The monoisotopic (exact) mass is 381 g/mol. The van der Waals surface area contributed by atoms with Gasteiger partial charge in [-0.05, 0) is 43.2 Å². The van der Waals surface area contributed by atoms with Crippen molar-refractivity contribution < 1.29 is 9.53 Å². The lowest BCUT2D eigenvalue weighted by Crippen LogP contribution is -2.36. The van der Waals surface area contributed by atoms with Crippen molar-refractivity contribution in [2.24, 2.45) is 0 Å². The van der Waals surface area contributed by atoms with E-state index in [1.54, 1.807) is 0 Å². The van der Waals surface area contributed by atoms with Crippen LogP contribution >= 0.6 is 0 Å². The lowest BCUT2D eigenvalue weighted by atomic mass is 10.1. The molecule has 2 aromatic rings. The number of benzene rings is 2. The van der Waals surface area contributed by atoms with Crippen molar-refractivity contribution in [3.63, 3.8) is 0 Å². The highest BCUT2D eigenvalue weighted by Gasteiger charge is 2.13. The molecule has 0 unspecified atom stereocenters. The number of nitrogens with zero attached hydrogens (tertiary/aromatic N) is 2. The van der Waals surface area contributed by atoms with Crippen LogP contribution in [0.4, 0.5) is 5.69 Å². The van der Waals surface area contributed by atoms with Crippen LogP contribution in [0.15, 0.2) is 48.5 Å². The third-order valence-corrected chi connectivity index (χ3v) is 5.20. The lowest BCUT2D eigenvalue weighted by molar-refractivity contribution is 0.0342. The van der Waals surface area contributed by atoms with E-state index in [1.807, 2.05) is 18.2 Å². The molecule has 0 radical (unpaired) electrons. The van der Waals surface area contributed by atoms with Gasteiger partial charge in [-0.2, -0.15) is 0 Å². The minimum Gasteiger partial charge on any atom is -0.379 e. The fourth-order valence-electron chi connectivity index (χ4n) is 3.60. The van der Waals surface area contributed by atoms with Gasteiger partial charge in [0.1, 0.15) is 0 Å². The fraction of sp³-hybridized carbons (Fsp3) is 0.435. The van der Waals surface area contributed by atoms with E-state index in [9.17, 15) is 4.79 Å². The van der Waals surface area contributed by atoms with E-state index in [0.717, 1.165) is 51.5 Å². The van der Waals surface area contributed by atoms with E-state index in [2.05, 4.69) is 59.3 Å². The first-order chi connectivity index (χ1) is 13.7. The number of hydrogen-bond acceptors (Lipinski definition) is 4. The first-order valence-corrected chi connectivity index (χ1v) is 10.1. The zero-order valence-corrected chi connectivity index (χ0v) is 17.0. The van der Waals surface area contributed by atoms with E-state index in [-0.39, 0.29) is 5.91 Å². The van der Waals surface area contributed by atoms with Crippen molar-refractivity contribution in [2.45, 2.75) is 20.4 Å². The number of carbonyl (C=O) groups is 1. The number of rotatable bonds is 8. The third kappa shape index (κ3) is 5.57. The number of likely N-dealkylation sites (N-methyl/N-ethyl adjacent to an activating group) is 1. The van der Waals surface area contributed by atoms with Gasteiger partial charge in [-0.1, -0.05) is 30.3 Å². The Morgan fingerprint density at radius 2 is 1.93 bits per heavy atom. The predicted molar refractivity (Wildman–Crippen MR) is 114 cm³/mol. The van der Waals surface area contributed by atoms with Gasteiger partial charge >= 0.3 is 0 Å². The molecule has 2 aromatic carbocycles. The number of anilines is 1. The summed E-state index contributed by atoms with van der Waals surface area (Å²) >= 11 is 0. The summed E-state index contributed by atoms with van der Waals surface area (Å²) in [5, 5.41) is 3.07. The number of nitrogens with one attached hydrogen (secondary N) is 1. The van der Waals surface area contributed by atoms with Gasteiger partial charge in [0, 0.05) is 50.5 Å². The maximum Gasteiger partial charge on any atom is 0.251 e. The zero-order valence-electron chi connectivity index (χ0n) is 17.0. The van der Waals surface area contributed by atoms with E-state index in [4.69, 9.17) is 4.74 Å². The van der Waals surface area contributed by atoms with Crippen LogP contribution in [0.5, 0.6) is 0 Å². The zero-order chi connectivity index (χ0) is 19.8. The molecule has 1 heterocycles. The Bertz CT molecular complexity index is 772. The Morgan fingerprint density at radius 1 is 1.14 bits per heavy atom. The van der Waals surface area contributed by atoms with Crippen LogP contribution in [0.1, 0.15) is 28.4 Å². The topological polar surface area (TPSA) is 44.8 Å². The molecule has 0 saturated carbocycles. The van der Waals surface area contributed by atoms with Gasteiger partial charge in [0.15, 0.2) is 0 Å². The number of hydrogen-bond donors (Lipinski definition) is 1. The average Bonchev–Trinajstić information content (AvgIpc) is 2.73.